The number of nitrogens with one attached hydrogen (secondary N) is 1. The quantitative estimate of drug-likeness (QED) is 0.775. The molecule has 0 aliphatic heterocycles. The number of carbonyl (C=O) groups excluding carboxylic acids is 1. The molecule has 1 aromatic carbocycles. The summed E-state index contributed by atoms with van der Waals surface area (Å²) in [4.78, 5) is 11.1. The van der Waals surface area contributed by atoms with E-state index in [2.05, 4.69) is 11.9 Å². The minimum atomic E-state index is -0.707. The van der Waals surface area contributed by atoms with Crippen molar-refractivity contribution in [2.24, 2.45) is 0 Å². The van der Waals surface area contributed by atoms with Gasteiger partial charge in [-0.05, 0) is 12.1 Å². The summed E-state index contributed by atoms with van der Waals surface area (Å²) < 4.78 is 18.0. The normalized spacial score (nSPS) is 11.6. The highest BCUT2D eigenvalue weighted by atomic mass is 19.1. The van der Waals surface area contributed by atoms with E-state index < -0.39 is 18.6 Å². The molecule has 1 aromatic rings. The molecule has 16 heavy (non-hydrogen) atoms. The third-order valence-electron chi connectivity index (χ3n) is 2.17. The number of ether oxygens (including phenoxy) is 1. The molecule has 1 rings (SSSR count). The number of halogens is 1. The SMILES string of the molecule is C=CC(=O)NC(CF)c1ccccc1OC. The Bertz CT molecular complexity index is 379. The number of para-hydroxylation sites is 1. The number of hydrogen-bond acceptors (Lipinski definition) is 2. The van der Waals surface area contributed by atoms with Gasteiger partial charge in [0.2, 0.25) is 5.91 Å². The molecule has 1 unspecified atom stereocenters. The van der Waals surface area contributed by atoms with Crippen molar-refractivity contribution in [2.45, 2.75) is 6.04 Å². The summed E-state index contributed by atoms with van der Waals surface area (Å²) >= 11 is 0. The standard InChI is InChI=1S/C12H14FNO2/c1-3-12(15)14-10(8-13)9-6-4-5-7-11(9)16-2/h3-7,10H,1,8H2,2H3,(H,14,15). The van der Waals surface area contributed by atoms with Crippen LogP contribution in [0.2, 0.25) is 0 Å². The van der Waals surface area contributed by atoms with Gasteiger partial charge in [0.1, 0.15) is 12.4 Å². The van der Waals surface area contributed by atoms with Crippen molar-refractivity contribution in [1.82, 2.24) is 5.32 Å². The van der Waals surface area contributed by atoms with E-state index in [1.807, 2.05) is 0 Å². The zero-order valence-corrected chi connectivity index (χ0v) is 9.07. The Morgan fingerprint density at radius 3 is 2.88 bits per heavy atom. The number of hydrogen-bond donors (Lipinski definition) is 1. The van der Waals surface area contributed by atoms with Crippen LogP contribution in [-0.2, 0) is 4.79 Å². The summed E-state index contributed by atoms with van der Waals surface area (Å²) in [6.45, 7) is 2.62. The number of amides is 1. The first-order valence-corrected chi connectivity index (χ1v) is 4.84. The first-order chi connectivity index (χ1) is 7.72. The van der Waals surface area contributed by atoms with Gasteiger partial charge >= 0.3 is 0 Å². The maximum absolute atomic E-state index is 12.9. The highest BCUT2D eigenvalue weighted by Crippen LogP contribution is 2.24. The van der Waals surface area contributed by atoms with Gasteiger partial charge < -0.3 is 10.1 Å². The largest absolute Gasteiger partial charge is 0.496 e. The third-order valence-corrected chi connectivity index (χ3v) is 2.17. The summed E-state index contributed by atoms with van der Waals surface area (Å²) in [5, 5.41) is 2.50. The van der Waals surface area contributed by atoms with Crippen LogP contribution in [0.1, 0.15) is 11.6 Å². The van der Waals surface area contributed by atoms with Crippen molar-refractivity contribution in [1.29, 1.82) is 0 Å². The van der Waals surface area contributed by atoms with Gasteiger partial charge in [0.15, 0.2) is 0 Å². The maximum Gasteiger partial charge on any atom is 0.243 e. The number of alkyl halides is 1. The van der Waals surface area contributed by atoms with E-state index in [-0.39, 0.29) is 0 Å². The van der Waals surface area contributed by atoms with Crippen molar-refractivity contribution in [3.8, 4) is 5.75 Å². The summed E-state index contributed by atoms with van der Waals surface area (Å²) in [6.07, 6.45) is 1.11. The van der Waals surface area contributed by atoms with Crippen LogP contribution >= 0.6 is 0 Å². The Kier molecular flexibility index (Phi) is 4.51. The number of methoxy groups -OCH3 is 1. The van der Waals surface area contributed by atoms with Gasteiger partial charge in [-0.15, -0.1) is 0 Å². The van der Waals surface area contributed by atoms with Crippen molar-refractivity contribution < 1.29 is 13.9 Å². The fraction of sp³-hybridized carbons (Fsp3) is 0.250. The van der Waals surface area contributed by atoms with E-state index in [1.165, 1.54) is 7.11 Å². The molecule has 0 aliphatic carbocycles. The lowest BCUT2D eigenvalue weighted by Gasteiger charge is -2.17. The zero-order chi connectivity index (χ0) is 12.0. The minimum Gasteiger partial charge on any atom is -0.496 e. The van der Waals surface area contributed by atoms with Gasteiger partial charge in [-0.1, -0.05) is 24.8 Å². The fourth-order valence-electron chi connectivity index (χ4n) is 1.38. The van der Waals surface area contributed by atoms with Crippen molar-refractivity contribution in [3.63, 3.8) is 0 Å². The molecule has 86 valence electrons. The molecule has 1 N–H and O–H groups in total. The van der Waals surface area contributed by atoms with Crippen LogP contribution < -0.4 is 10.1 Å². The predicted molar refractivity (Wildman–Crippen MR) is 60.0 cm³/mol. The highest BCUT2D eigenvalue weighted by Gasteiger charge is 2.16. The molecule has 0 spiro atoms. The summed E-state index contributed by atoms with van der Waals surface area (Å²) in [7, 11) is 1.50. The fourth-order valence-corrected chi connectivity index (χ4v) is 1.38. The average Bonchev–Trinajstić information content (AvgIpc) is 2.35. The summed E-state index contributed by atoms with van der Waals surface area (Å²) in [5.41, 5.74) is 0.614. The van der Waals surface area contributed by atoms with Crippen LogP contribution in [0.4, 0.5) is 4.39 Å². The van der Waals surface area contributed by atoms with Gasteiger partial charge in [-0.2, -0.15) is 0 Å². The molecule has 0 bridgehead atoms. The number of carbonyl (C=O) groups is 1. The molecule has 0 radical (unpaired) electrons. The third kappa shape index (κ3) is 2.82. The lowest BCUT2D eigenvalue weighted by molar-refractivity contribution is -0.117. The molecule has 0 fully saturated rings. The molecular formula is C12H14FNO2. The smallest absolute Gasteiger partial charge is 0.243 e. The summed E-state index contributed by atoms with van der Waals surface area (Å²) in [6, 6.07) is 6.28. The predicted octanol–water partition coefficient (Wildman–Crippen LogP) is 2.01. The lowest BCUT2D eigenvalue weighted by atomic mass is 10.1. The van der Waals surface area contributed by atoms with Gasteiger partial charge in [-0.3, -0.25) is 4.79 Å². The maximum atomic E-state index is 12.9. The van der Waals surface area contributed by atoms with Crippen LogP contribution in [0.3, 0.4) is 0 Å². The molecule has 1 amide bonds. The molecule has 4 heteroatoms. The Morgan fingerprint density at radius 1 is 1.62 bits per heavy atom. The van der Waals surface area contributed by atoms with Crippen LogP contribution in [0, 0.1) is 0 Å². The summed E-state index contributed by atoms with van der Waals surface area (Å²) in [5.74, 6) is 0.142. The van der Waals surface area contributed by atoms with E-state index in [9.17, 15) is 9.18 Å². The van der Waals surface area contributed by atoms with E-state index in [0.717, 1.165) is 6.08 Å². The van der Waals surface area contributed by atoms with E-state index in [0.29, 0.717) is 11.3 Å². The Balaban J connectivity index is 2.93. The van der Waals surface area contributed by atoms with Crippen LogP contribution in [-0.4, -0.2) is 19.7 Å². The van der Waals surface area contributed by atoms with Crippen LogP contribution in [0.25, 0.3) is 0 Å². The molecule has 0 heterocycles. The molecule has 0 aliphatic rings. The Labute approximate surface area is 93.9 Å². The van der Waals surface area contributed by atoms with Gasteiger partial charge in [0.05, 0.1) is 13.2 Å². The molecule has 0 aromatic heterocycles. The van der Waals surface area contributed by atoms with E-state index >= 15 is 0 Å². The van der Waals surface area contributed by atoms with Crippen LogP contribution in [0.5, 0.6) is 5.75 Å². The van der Waals surface area contributed by atoms with Gasteiger partial charge in [0, 0.05) is 5.56 Å². The molecule has 0 saturated carbocycles. The minimum absolute atomic E-state index is 0.409. The van der Waals surface area contributed by atoms with Gasteiger partial charge in [0.25, 0.3) is 0 Å². The molecular weight excluding hydrogens is 209 g/mol. The Hall–Kier alpha value is -1.84. The van der Waals surface area contributed by atoms with Crippen molar-refractivity contribution >= 4 is 5.91 Å². The molecule has 3 nitrogen and oxygen atoms in total. The molecule has 0 saturated heterocycles. The van der Waals surface area contributed by atoms with Crippen molar-refractivity contribution in [3.05, 3.63) is 42.5 Å². The first-order valence-electron chi connectivity index (χ1n) is 4.84. The second-order valence-electron chi connectivity index (χ2n) is 3.16. The molecule has 1 atom stereocenters. The zero-order valence-electron chi connectivity index (χ0n) is 9.07. The van der Waals surface area contributed by atoms with Crippen molar-refractivity contribution in [2.75, 3.05) is 13.8 Å². The lowest BCUT2D eigenvalue weighted by Crippen LogP contribution is -2.28. The monoisotopic (exact) mass is 223 g/mol. The second-order valence-corrected chi connectivity index (χ2v) is 3.16. The average molecular weight is 223 g/mol. The van der Waals surface area contributed by atoms with E-state index in [4.69, 9.17) is 4.74 Å². The number of rotatable bonds is 5. The topological polar surface area (TPSA) is 38.3 Å². The highest BCUT2D eigenvalue weighted by molar-refractivity contribution is 5.87. The number of benzene rings is 1. The Morgan fingerprint density at radius 2 is 2.31 bits per heavy atom. The van der Waals surface area contributed by atoms with Crippen LogP contribution in [0.15, 0.2) is 36.9 Å². The van der Waals surface area contributed by atoms with Gasteiger partial charge in [-0.25, -0.2) is 4.39 Å². The van der Waals surface area contributed by atoms with E-state index in [1.54, 1.807) is 24.3 Å². The first kappa shape index (κ1) is 12.2. The second kappa shape index (κ2) is 5.90.